The maximum Gasteiger partial charge on any atom is 0.174 e. The molecule has 0 aliphatic heterocycles. The van der Waals surface area contributed by atoms with Crippen molar-refractivity contribution in [3.8, 4) is 17.0 Å². The van der Waals surface area contributed by atoms with Crippen LogP contribution in [0.25, 0.3) is 11.3 Å². The van der Waals surface area contributed by atoms with E-state index in [9.17, 15) is 0 Å². The van der Waals surface area contributed by atoms with Gasteiger partial charge in [-0.15, -0.1) is 0 Å². The molecule has 0 bridgehead atoms. The summed E-state index contributed by atoms with van der Waals surface area (Å²) >= 11 is 0. The topological polar surface area (TPSA) is 35.0 Å². The number of ether oxygens (including phenoxy) is 1. The van der Waals surface area contributed by atoms with Gasteiger partial charge >= 0.3 is 0 Å². The summed E-state index contributed by atoms with van der Waals surface area (Å²) in [5.74, 6) is 1.21. The van der Waals surface area contributed by atoms with Crippen LogP contribution < -0.4 is 4.74 Å². The van der Waals surface area contributed by atoms with Crippen LogP contribution in [-0.4, -0.2) is 16.6 Å². The van der Waals surface area contributed by atoms with Crippen molar-refractivity contribution in [2.24, 2.45) is 5.92 Å². The van der Waals surface area contributed by atoms with Crippen molar-refractivity contribution in [3.63, 3.8) is 0 Å². The first kappa shape index (κ1) is 13.7. The van der Waals surface area contributed by atoms with E-state index in [1.165, 1.54) is 19.3 Å². The third-order valence-electron chi connectivity index (χ3n) is 4.67. The Morgan fingerprint density at radius 1 is 1.14 bits per heavy atom. The first-order valence-corrected chi connectivity index (χ1v) is 8.04. The third kappa shape index (κ3) is 2.58. The second kappa shape index (κ2) is 5.67. The molecular weight excluding hydrogens is 279 g/mol. The molecule has 1 aromatic heterocycles. The third-order valence-corrected chi connectivity index (χ3v) is 4.67. The quantitative estimate of drug-likeness (QED) is 0.823. The summed E-state index contributed by atoms with van der Waals surface area (Å²) in [7, 11) is 0. The Bertz CT molecular complexity index is 666. The van der Waals surface area contributed by atoms with Crippen LogP contribution in [0.5, 0.6) is 5.75 Å². The molecule has 0 unspecified atom stereocenters. The van der Waals surface area contributed by atoms with Crippen LogP contribution in [0.2, 0.25) is 0 Å². The Morgan fingerprint density at radius 2 is 2.00 bits per heavy atom. The highest BCUT2D eigenvalue weighted by Crippen LogP contribution is 2.44. The monoisotopic (exact) mass is 298 g/mol. The van der Waals surface area contributed by atoms with Gasteiger partial charge < -0.3 is 4.74 Å². The lowest BCUT2D eigenvalue weighted by Gasteiger charge is -2.28. The van der Waals surface area contributed by atoms with Gasteiger partial charge in [-0.1, -0.05) is 12.5 Å². The van der Waals surface area contributed by atoms with Gasteiger partial charge in [0.2, 0.25) is 0 Å². The molecule has 2 aliphatic rings. The number of nitrogens with zero attached hydrogens (tertiary/aromatic N) is 2. The predicted molar refractivity (Wildman–Crippen MR) is 82.2 cm³/mol. The van der Waals surface area contributed by atoms with E-state index in [0.29, 0.717) is 35.4 Å². The van der Waals surface area contributed by atoms with Crippen LogP contribution in [0.4, 0.5) is 4.39 Å². The molecule has 2 aromatic rings. The molecule has 0 saturated heterocycles. The largest absolute Gasteiger partial charge is 0.490 e. The molecular formula is C18H19FN2O. The van der Waals surface area contributed by atoms with Crippen LogP contribution in [0.3, 0.4) is 0 Å². The number of aromatic nitrogens is 2. The van der Waals surface area contributed by atoms with Crippen molar-refractivity contribution in [1.82, 2.24) is 9.97 Å². The molecule has 0 radical (unpaired) electrons. The van der Waals surface area contributed by atoms with Gasteiger partial charge in [-0.3, -0.25) is 9.97 Å². The van der Waals surface area contributed by atoms with Gasteiger partial charge in [0.05, 0.1) is 18.5 Å². The van der Waals surface area contributed by atoms with Crippen molar-refractivity contribution < 1.29 is 9.13 Å². The van der Waals surface area contributed by atoms with Crippen molar-refractivity contribution in [2.45, 2.75) is 38.0 Å². The molecule has 3 nitrogen and oxygen atoms in total. The van der Waals surface area contributed by atoms with Gasteiger partial charge in [-0.25, -0.2) is 4.39 Å². The average molecular weight is 298 g/mol. The molecule has 4 rings (SSSR count). The van der Waals surface area contributed by atoms with E-state index in [0.717, 1.165) is 18.4 Å². The maximum atomic E-state index is 15.0. The zero-order chi connectivity index (χ0) is 14.9. The molecule has 0 atom stereocenters. The Kier molecular flexibility index (Phi) is 3.53. The fraction of sp³-hybridized carbons (Fsp3) is 0.444. The summed E-state index contributed by atoms with van der Waals surface area (Å²) in [5, 5.41) is 0. The minimum atomic E-state index is -0.287. The lowest BCUT2D eigenvalue weighted by molar-refractivity contribution is 0.275. The minimum Gasteiger partial charge on any atom is -0.490 e. The number of hydrogen-bond donors (Lipinski definition) is 0. The van der Waals surface area contributed by atoms with Crippen molar-refractivity contribution in [1.29, 1.82) is 0 Å². The van der Waals surface area contributed by atoms with Crippen molar-refractivity contribution >= 4 is 0 Å². The second-order valence-electron chi connectivity index (χ2n) is 6.32. The maximum absolute atomic E-state index is 15.0. The van der Waals surface area contributed by atoms with E-state index in [2.05, 4.69) is 9.97 Å². The molecule has 114 valence electrons. The summed E-state index contributed by atoms with van der Waals surface area (Å²) in [5.41, 5.74) is 2.05. The van der Waals surface area contributed by atoms with Gasteiger partial charge in [0.15, 0.2) is 11.6 Å². The number of halogens is 1. The SMILES string of the molecule is Fc1c(-c2cnccn2)ccc(C2CCC2)c1OCC1CC1. The zero-order valence-electron chi connectivity index (χ0n) is 12.5. The summed E-state index contributed by atoms with van der Waals surface area (Å²) in [6.07, 6.45) is 10.6. The van der Waals surface area contributed by atoms with Crippen LogP contribution in [-0.2, 0) is 0 Å². The van der Waals surface area contributed by atoms with E-state index >= 15 is 4.39 Å². The molecule has 4 heteroatoms. The van der Waals surface area contributed by atoms with E-state index in [4.69, 9.17) is 4.74 Å². The molecule has 2 saturated carbocycles. The molecule has 0 N–H and O–H groups in total. The average Bonchev–Trinajstić information content (AvgIpc) is 3.30. The molecule has 2 fully saturated rings. The summed E-state index contributed by atoms with van der Waals surface area (Å²) in [6, 6.07) is 3.83. The normalized spacial score (nSPS) is 18.0. The molecule has 0 amide bonds. The van der Waals surface area contributed by atoms with Gasteiger partial charge in [-0.05, 0) is 43.6 Å². The standard InChI is InChI=1S/C18H19FN2O/c19-17-15(16-10-20-8-9-21-16)7-6-14(13-2-1-3-13)18(17)22-11-12-4-5-12/h6-10,12-13H,1-5,11H2. The van der Waals surface area contributed by atoms with Crippen LogP contribution in [0.1, 0.15) is 43.6 Å². The first-order valence-electron chi connectivity index (χ1n) is 8.04. The van der Waals surface area contributed by atoms with Crippen LogP contribution >= 0.6 is 0 Å². The zero-order valence-corrected chi connectivity index (χ0v) is 12.5. The lowest BCUT2D eigenvalue weighted by atomic mass is 9.79. The van der Waals surface area contributed by atoms with Gasteiger partial charge in [-0.2, -0.15) is 0 Å². The highest BCUT2D eigenvalue weighted by molar-refractivity contribution is 5.63. The second-order valence-corrected chi connectivity index (χ2v) is 6.32. The highest BCUT2D eigenvalue weighted by Gasteiger charge is 2.28. The van der Waals surface area contributed by atoms with Gasteiger partial charge in [0.25, 0.3) is 0 Å². The Hall–Kier alpha value is -1.97. The van der Waals surface area contributed by atoms with E-state index in [1.807, 2.05) is 12.1 Å². The van der Waals surface area contributed by atoms with Crippen LogP contribution in [0, 0.1) is 11.7 Å². The van der Waals surface area contributed by atoms with E-state index in [1.54, 1.807) is 18.6 Å². The van der Waals surface area contributed by atoms with Gasteiger partial charge in [0.1, 0.15) is 0 Å². The Morgan fingerprint density at radius 3 is 2.64 bits per heavy atom. The summed E-state index contributed by atoms with van der Waals surface area (Å²) < 4.78 is 20.9. The van der Waals surface area contributed by atoms with Crippen molar-refractivity contribution in [2.75, 3.05) is 6.61 Å². The predicted octanol–water partition coefficient (Wildman–Crippen LogP) is 4.34. The number of hydrogen-bond acceptors (Lipinski definition) is 3. The summed E-state index contributed by atoms with van der Waals surface area (Å²) in [4.78, 5) is 8.24. The number of rotatable bonds is 5. The molecule has 1 heterocycles. The fourth-order valence-electron chi connectivity index (χ4n) is 2.88. The lowest BCUT2D eigenvalue weighted by Crippen LogP contribution is -2.13. The summed E-state index contributed by atoms with van der Waals surface area (Å²) in [6.45, 7) is 0.626. The van der Waals surface area contributed by atoms with Gasteiger partial charge in [0, 0.05) is 23.5 Å². The van der Waals surface area contributed by atoms with Crippen molar-refractivity contribution in [3.05, 3.63) is 42.1 Å². The highest BCUT2D eigenvalue weighted by atomic mass is 19.1. The molecule has 0 spiro atoms. The van der Waals surface area contributed by atoms with E-state index in [-0.39, 0.29) is 5.82 Å². The molecule has 22 heavy (non-hydrogen) atoms. The molecule has 1 aromatic carbocycles. The Labute approximate surface area is 129 Å². The van der Waals surface area contributed by atoms with Crippen LogP contribution in [0.15, 0.2) is 30.7 Å². The first-order chi connectivity index (χ1) is 10.8. The Balaban J connectivity index is 1.72. The fourth-order valence-corrected chi connectivity index (χ4v) is 2.88. The molecule has 2 aliphatic carbocycles. The number of benzene rings is 1. The minimum absolute atomic E-state index is 0.287. The van der Waals surface area contributed by atoms with E-state index < -0.39 is 0 Å². The smallest absolute Gasteiger partial charge is 0.174 e.